The normalized spacial score (nSPS) is 12.3. The van der Waals surface area contributed by atoms with Crippen molar-refractivity contribution in [3.63, 3.8) is 0 Å². The summed E-state index contributed by atoms with van der Waals surface area (Å²) in [5.41, 5.74) is 8.09. The second-order valence-corrected chi connectivity index (χ2v) is 4.89. The maximum Gasteiger partial charge on any atom is 0.251 e. The van der Waals surface area contributed by atoms with E-state index in [1.54, 1.807) is 19.2 Å². The second kappa shape index (κ2) is 7.02. The van der Waals surface area contributed by atoms with Crippen LogP contribution in [0.15, 0.2) is 18.2 Å². The van der Waals surface area contributed by atoms with Gasteiger partial charge in [0.1, 0.15) is 0 Å². The highest BCUT2D eigenvalue weighted by Gasteiger charge is 2.14. The largest absolute Gasteiger partial charge is 0.397 e. The maximum atomic E-state index is 11.5. The van der Waals surface area contributed by atoms with E-state index < -0.39 is 0 Å². The molecule has 0 radical (unpaired) electrons. The standard InChI is InChI=1S/C15H25N3O/c1-5-11(6-2)10(3)18-14-8-7-12(9-13(14)16)15(19)17-4/h7-11,18H,5-6,16H2,1-4H3,(H,17,19). The molecule has 1 aromatic rings. The minimum absolute atomic E-state index is 0.119. The van der Waals surface area contributed by atoms with E-state index in [-0.39, 0.29) is 5.91 Å². The lowest BCUT2D eigenvalue weighted by atomic mass is 9.95. The first-order chi connectivity index (χ1) is 9.03. The molecule has 4 N–H and O–H groups in total. The predicted molar refractivity (Wildman–Crippen MR) is 81.4 cm³/mol. The van der Waals surface area contributed by atoms with Crippen LogP contribution >= 0.6 is 0 Å². The SMILES string of the molecule is CCC(CC)C(C)Nc1ccc(C(=O)NC)cc1N. The summed E-state index contributed by atoms with van der Waals surface area (Å²) in [4.78, 5) is 11.5. The first-order valence-corrected chi connectivity index (χ1v) is 6.91. The van der Waals surface area contributed by atoms with Crippen molar-refractivity contribution in [2.45, 2.75) is 39.7 Å². The Hall–Kier alpha value is -1.71. The molecule has 0 aliphatic carbocycles. The van der Waals surface area contributed by atoms with Crippen LogP contribution in [0.5, 0.6) is 0 Å². The van der Waals surface area contributed by atoms with Crippen LogP contribution in [0.4, 0.5) is 11.4 Å². The molecule has 1 unspecified atom stereocenters. The van der Waals surface area contributed by atoms with E-state index in [0.717, 1.165) is 18.5 Å². The molecule has 1 aromatic carbocycles. The number of carbonyl (C=O) groups is 1. The summed E-state index contributed by atoms with van der Waals surface area (Å²) in [6.45, 7) is 6.57. The van der Waals surface area contributed by atoms with Crippen LogP contribution < -0.4 is 16.4 Å². The van der Waals surface area contributed by atoms with Crippen molar-refractivity contribution in [1.82, 2.24) is 5.32 Å². The van der Waals surface area contributed by atoms with Crippen molar-refractivity contribution in [1.29, 1.82) is 0 Å². The number of rotatable bonds is 6. The third kappa shape index (κ3) is 3.88. The number of nitrogens with one attached hydrogen (secondary N) is 2. The summed E-state index contributed by atoms with van der Waals surface area (Å²) in [7, 11) is 1.61. The number of hydrogen-bond acceptors (Lipinski definition) is 3. The van der Waals surface area contributed by atoms with Crippen LogP contribution in [0.1, 0.15) is 44.0 Å². The summed E-state index contributed by atoms with van der Waals surface area (Å²) < 4.78 is 0. The molecular formula is C15H25N3O. The fourth-order valence-corrected chi connectivity index (χ4v) is 2.34. The number of carbonyl (C=O) groups excluding carboxylic acids is 1. The molecule has 0 saturated carbocycles. The molecule has 0 saturated heterocycles. The Kier molecular flexibility index (Phi) is 5.67. The molecule has 1 atom stereocenters. The molecule has 0 aromatic heterocycles. The van der Waals surface area contributed by atoms with Gasteiger partial charge in [-0.05, 0) is 31.0 Å². The summed E-state index contributed by atoms with van der Waals surface area (Å²) in [6, 6.07) is 5.74. The smallest absolute Gasteiger partial charge is 0.251 e. The van der Waals surface area contributed by atoms with Crippen LogP contribution in [-0.2, 0) is 0 Å². The van der Waals surface area contributed by atoms with Crippen LogP contribution in [-0.4, -0.2) is 19.0 Å². The number of nitrogens with two attached hydrogens (primary N) is 1. The van der Waals surface area contributed by atoms with Crippen LogP contribution in [0, 0.1) is 5.92 Å². The molecule has 0 bridgehead atoms. The number of hydrogen-bond donors (Lipinski definition) is 3. The number of anilines is 2. The van der Waals surface area contributed by atoms with Gasteiger partial charge in [0.25, 0.3) is 5.91 Å². The average molecular weight is 263 g/mol. The van der Waals surface area contributed by atoms with Crippen molar-refractivity contribution in [2.75, 3.05) is 18.1 Å². The highest BCUT2D eigenvalue weighted by Crippen LogP contribution is 2.24. The second-order valence-electron chi connectivity index (χ2n) is 4.89. The van der Waals surface area contributed by atoms with Gasteiger partial charge in [-0.1, -0.05) is 26.7 Å². The van der Waals surface area contributed by atoms with Crippen molar-refractivity contribution in [2.24, 2.45) is 5.92 Å². The minimum atomic E-state index is -0.119. The van der Waals surface area contributed by atoms with Gasteiger partial charge < -0.3 is 16.4 Å². The molecule has 1 rings (SSSR count). The monoisotopic (exact) mass is 263 g/mol. The molecule has 106 valence electrons. The van der Waals surface area contributed by atoms with Gasteiger partial charge in [0.05, 0.1) is 11.4 Å². The third-order valence-corrected chi connectivity index (χ3v) is 3.68. The van der Waals surface area contributed by atoms with E-state index in [1.807, 2.05) is 6.07 Å². The lowest BCUT2D eigenvalue weighted by Gasteiger charge is -2.24. The summed E-state index contributed by atoms with van der Waals surface area (Å²) >= 11 is 0. The molecule has 4 nitrogen and oxygen atoms in total. The van der Waals surface area contributed by atoms with Gasteiger partial charge in [0.15, 0.2) is 0 Å². The van der Waals surface area contributed by atoms with E-state index in [0.29, 0.717) is 23.2 Å². The Labute approximate surface area is 115 Å². The molecule has 0 spiro atoms. The van der Waals surface area contributed by atoms with Crippen molar-refractivity contribution in [3.8, 4) is 0 Å². The van der Waals surface area contributed by atoms with E-state index in [1.165, 1.54) is 0 Å². The van der Waals surface area contributed by atoms with Crippen molar-refractivity contribution < 1.29 is 4.79 Å². The lowest BCUT2D eigenvalue weighted by Crippen LogP contribution is -2.25. The van der Waals surface area contributed by atoms with Gasteiger partial charge in [-0.25, -0.2) is 0 Å². The lowest BCUT2D eigenvalue weighted by molar-refractivity contribution is 0.0963. The zero-order chi connectivity index (χ0) is 14.4. The zero-order valence-corrected chi connectivity index (χ0v) is 12.3. The fraction of sp³-hybridized carbons (Fsp3) is 0.533. The van der Waals surface area contributed by atoms with Crippen LogP contribution in [0.25, 0.3) is 0 Å². The summed E-state index contributed by atoms with van der Waals surface area (Å²) in [6.07, 6.45) is 2.28. The van der Waals surface area contributed by atoms with Crippen LogP contribution in [0.3, 0.4) is 0 Å². The molecular weight excluding hydrogens is 238 g/mol. The van der Waals surface area contributed by atoms with Crippen molar-refractivity contribution in [3.05, 3.63) is 23.8 Å². The summed E-state index contributed by atoms with van der Waals surface area (Å²) in [5, 5.41) is 6.03. The van der Waals surface area contributed by atoms with Gasteiger partial charge in [-0.2, -0.15) is 0 Å². The number of nitrogen functional groups attached to an aromatic ring is 1. The van der Waals surface area contributed by atoms with Gasteiger partial charge in [-0.15, -0.1) is 0 Å². The number of benzene rings is 1. The Morgan fingerprint density at radius 2 is 1.95 bits per heavy atom. The zero-order valence-electron chi connectivity index (χ0n) is 12.3. The molecule has 4 heteroatoms. The van der Waals surface area contributed by atoms with E-state index >= 15 is 0 Å². The highest BCUT2D eigenvalue weighted by atomic mass is 16.1. The van der Waals surface area contributed by atoms with Gasteiger partial charge in [0.2, 0.25) is 0 Å². The molecule has 0 heterocycles. The molecule has 0 aliphatic heterocycles. The van der Waals surface area contributed by atoms with E-state index in [4.69, 9.17) is 5.73 Å². The molecule has 19 heavy (non-hydrogen) atoms. The molecule has 0 aliphatic rings. The highest BCUT2D eigenvalue weighted by molar-refractivity contribution is 5.95. The van der Waals surface area contributed by atoms with Crippen LogP contribution in [0.2, 0.25) is 0 Å². The van der Waals surface area contributed by atoms with E-state index in [9.17, 15) is 4.79 Å². The first kappa shape index (κ1) is 15.3. The first-order valence-electron chi connectivity index (χ1n) is 6.91. The Bertz CT molecular complexity index is 427. The quantitative estimate of drug-likeness (QED) is 0.691. The Morgan fingerprint density at radius 1 is 1.32 bits per heavy atom. The minimum Gasteiger partial charge on any atom is -0.397 e. The molecule has 1 amide bonds. The van der Waals surface area contributed by atoms with Gasteiger partial charge in [-0.3, -0.25) is 4.79 Å². The predicted octanol–water partition coefficient (Wildman–Crippen LogP) is 2.87. The van der Waals surface area contributed by atoms with E-state index in [2.05, 4.69) is 31.4 Å². The topological polar surface area (TPSA) is 67.2 Å². The Morgan fingerprint density at radius 3 is 2.42 bits per heavy atom. The van der Waals surface area contributed by atoms with Gasteiger partial charge in [0, 0.05) is 18.7 Å². The Balaban J connectivity index is 2.83. The fourth-order valence-electron chi connectivity index (χ4n) is 2.34. The molecule has 0 fully saturated rings. The number of amides is 1. The van der Waals surface area contributed by atoms with Crippen molar-refractivity contribution >= 4 is 17.3 Å². The van der Waals surface area contributed by atoms with Gasteiger partial charge >= 0.3 is 0 Å². The maximum absolute atomic E-state index is 11.5. The average Bonchev–Trinajstić information content (AvgIpc) is 2.41. The summed E-state index contributed by atoms with van der Waals surface area (Å²) in [5.74, 6) is 0.504. The third-order valence-electron chi connectivity index (χ3n) is 3.68.